The first kappa shape index (κ1) is 12.7. The van der Waals surface area contributed by atoms with Gasteiger partial charge in [-0.05, 0) is 37.7 Å². The lowest BCUT2D eigenvalue weighted by Gasteiger charge is -2.24. The third kappa shape index (κ3) is 2.57. The fourth-order valence-electron chi connectivity index (χ4n) is 2.14. The van der Waals surface area contributed by atoms with Crippen LogP contribution in [0.4, 0.5) is 0 Å². The van der Waals surface area contributed by atoms with Crippen LogP contribution in [0.5, 0.6) is 11.5 Å². The van der Waals surface area contributed by atoms with Crippen LogP contribution in [0.25, 0.3) is 0 Å². The molecule has 1 heterocycles. The molecule has 1 aliphatic rings. The van der Waals surface area contributed by atoms with Crippen LogP contribution < -0.4 is 9.47 Å². The van der Waals surface area contributed by atoms with Crippen LogP contribution in [0.15, 0.2) is 18.2 Å². The molecule has 1 aromatic rings. The predicted octanol–water partition coefficient (Wildman–Crippen LogP) is 2.36. The Balaban J connectivity index is 2.24. The number of benzene rings is 1. The Morgan fingerprint density at radius 2 is 2.06 bits per heavy atom. The van der Waals surface area contributed by atoms with Crippen LogP contribution in [0.1, 0.15) is 24.9 Å². The van der Waals surface area contributed by atoms with E-state index >= 15 is 0 Å². The fourth-order valence-corrected chi connectivity index (χ4v) is 2.14. The van der Waals surface area contributed by atoms with Crippen LogP contribution in [-0.4, -0.2) is 31.7 Å². The van der Waals surface area contributed by atoms with Crippen molar-refractivity contribution in [1.29, 1.82) is 5.26 Å². The number of nitriles is 1. The van der Waals surface area contributed by atoms with Crippen molar-refractivity contribution in [3.05, 3.63) is 23.8 Å². The summed E-state index contributed by atoms with van der Waals surface area (Å²) in [5.41, 5.74) is 0.956. The molecule has 96 valence electrons. The van der Waals surface area contributed by atoms with Gasteiger partial charge in [0.05, 0.1) is 6.07 Å². The van der Waals surface area contributed by atoms with E-state index in [4.69, 9.17) is 9.47 Å². The molecule has 0 radical (unpaired) electrons. The highest BCUT2D eigenvalue weighted by molar-refractivity contribution is 5.45. The zero-order chi connectivity index (χ0) is 13.0. The van der Waals surface area contributed by atoms with Gasteiger partial charge in [-0.1, -0.05) is 13.0 Å². The summed E-state index contributed by atoms with van der Waals surface area (Å²) < 4.78 is 11.0. The molecule has 1 aliphatic heterocycles. The van der Waals surface area contributed by atoms with E-state index < -0.39 is 0 Å². The number of ether oxygens (including phenoxy) is 2. The molecule has 0 aromatic heterocycles. The normalized spacial score (nSPS) is 15.2. The van der Waals surface area contributed by atoms with Crippen molar-refractivity contribution in [3.63, 3.8) is 0 Å². The van der Waals surface area contributed by atoms with Gasteiger partial charge in [-0.2, -0.15) is 5.26 Å². The molecule has 1 aromatic carbocycles. The summed E-state index contributed by atoms with van der Waals surface area (Å²) in [4.78, 5) is 2.05. The lowest BCUT2D eigenvalue weighted by Crippen LogP contribution is -2.24. The molecule has 1 atom stereocenters. The van der Waals surface area contributed by atoms with Gasteiger partial charge in [0.25, 0.3) is 0 Å². The van der Waals surface area contributed by atoms with Crippen molar-refractivity contribution in [1.82, 2.24) is 4.90 Å². The van der Waals surface area contributed by atoms with Crippen LogP contribution in [0, 0.1) is 11.3 Å². The summed E-state index contributed by atoms with van der Waals surface area (Å²) in [6, 6.07) is 7.84. The Morgan fingerprint density at radius 1 is 1.33 bits per heavy atom. The quantitative estimate of drug-likeness (QED) is 0.818. The summed E-state index contributed by atoms with van der Waals surface area (Å²) in [6.45, 7) is 4.16. The van der Waals surface area contributed by atoms with Crippen LogP contribution in [-0.2, 0) is 0 Å². The van der Waals surface area contributed by atoms with Crippen LogP contribution in [0.3, 0.4) is 0 Å². The molecule has 2 rings (SSSR count). The summed E-state index contributed by atoms with van der Waals surface area (Å²) >= 11 is 0. The Hall–Kier alpha value is -1.73. The maximum atomic E-state index is 9.32. The highest BCUT2D eigenvalue weighted by Gasteiger charge is 2.19. The Morgan fingerprint density at radius 3 is 2.72 bits per heavy atom. The van der Waals surface area contributed by atoms with Gasteiger partial charge in [-0.25, -0.2) is 0 Å². The lowest BCUT2D eigenvalue weighted by molar-refractivity contribution is 0.171. The van der Waals surface area contributed by atoms with E-state index in [9.17, 15) is 5.26 Å². The summed E-state index contributed by atoms with van der Waals surface area (Å²) in [5, 5.41) is 9.32. The first-order valence-corrected chi connectivity index (χ1v) is 6.25. The third-order valence-electron chi connectivity index (χ3n) is 3.02. The first-order valence-electron chi connectivity index (χ1n) is 6.25. The maximum absolute atomic E-state index is 9.32. The standard InChI is InChI=1S/C14H18N2O2/c1-3-6-16(2)12(10-15)11-4-5-13-14(9-11)18-8-7-17-13/h4-5,9,12H,3,6-8H2,1-2H3. The zero-order valence-corrected chi connectivity index (χ0v) is 10.8. The molecule has 0 amide bonds. The molecule has 0 saturated heterocycles. The first-order chi connectivity index (χ1) is 8.76. The van der Waals surface area contributed by atoms with E-state index in [1.54, 1.807) is 0 Å². The van der Waals surface area contributed by atoms with Crippen molar-refractivity contribution in [2.75, 3.05) is 26.8 Å². The molecule has 0 bridgehead atoms. The fraction of sp³-hybridized carbons (Fsp3) is 0.500. The highest BCUT2D eigenvalue weighted by atomic mass is 16.6. The van der Waals surface area contributed by atoms with Gasteiger partial charge in [0.2, 0.25) is 0 Å². The van der Waals surface area contributed by atoms with Gasteiger partial charge in [-0.15, -0.1) is 0 Å². The van der Waals surface area contributed by atoms with Crippen molar-refractivity contribution in [2.24, 2.45) is 0 Å². The van der Waals surface area contributed by atoms with Gasteiger partial charge in [-0.3, -0.25) is 4.90 Å². The molecule has 4 heteroatoms. The predicted molar refractivity (Wildman–Crippen MR) is 68.7 cm³/mol. The number of fused-ring (bicyclic) bond motifs is 1. The Kier molecular flexibility index (Phi) is 4.06. The Labute approximate surface area is 108 Å². The van der Waals surface area contributed by atoms with Crippen molar-refractivity contribution in [2.45, 2.75) is 19.4 Å². The maximum Gasteiger partial charge on any atom is 0.161 e. The molecular formula is C14H18N2O2. The molecule has 1 unspecified atom stereocenters. The second-order valence-corrected chi connectivity index (χ2v) is 4.42. The van der Waals surface area contributed by atoms with E-state index in [1.807, 2.05) is 30.1 Å². The zero-order valence-electron chi connectivity index (χ0n) is 10.8. The molecule has 0 spiro atoms. The monoisotopic (exact) mass is 246 g/mol. The average molecular weight is 246 g/mol. The van der Waals surface area contributed by atoms with Gasteiger partial charge in [0, 0.05) is 0 Å². The molecule has 0 fully saturated rings. The molecule has 0 saturated carbocycles. The van der Waals surface area contributed by atoms with Gasteiger partial charge >= 0.3 is 0 Å². The van der Waals surface area contributed by atoms with E-state index in [2.05, 4.69) is 13.0 Å². The second kappa shape index (κ2) is 5.74. The SMILES string of the molecule is CCCN(C)C(C#N)c1ccc2c(c1)OCCO2. The minimum absolute atomic E-state index is 0.235. The number of hydrogen-bond donors (Lipinski definition) is 0. The van der Waals surface area contributed by atoms with E-state index in [0.717, 1.165) is 30.0 Å². The molecule has 4 nitrogen and oxygen atoms in total. The van der Waals surface area contributed by atoms with Gasteiger partial charge in [0.15, 0.2) is 11.5 Å². The molecular weight excluding hydrogens is 228 g/mol. The molecule has 0 N–H and O–H groups in total. The third-order valence-corrected chi connectivity index (χ3v) is 3.02. The van der Waals surface area contributed by atoms with Gasteiger partial charge < -0.3 is 9.47 Å². The lowest BCUT2D eigenvalue weighted by atomic mass is 10.1. The van der Waals surface area contributed by atoms with Crippen LogP contribution in [0.2, 0.25) is 0 Å². The van der Waals surface area contributed by atoms with Crippen LogP contribution >= 0.6 is 0 Å². The number of rotatable bonds is 4. The largest absolute Gasteiger partial charge is 0.486 e. The van der Waals surface area contributed by atoms with E-state index in [1.165, 1.54) is 0 Å². The average Bonchev–Trinajstić information content (AvgIpc) is 2.40. The number of nitrogens with zero attached hydrogens (tertiary/aromatic N) is 2. The van der Waals surface area contributed by atoms with E-state index in [-0.39, 0.29) is 6.04 Å². The topological polar surface area (TPSA) is 45.5 Å². The van der Waals surface area contributed by atoms with Gasteiger partial charge in [0.1, 0.15) is 19.3 Å². The second-order valence-electron chi connectivity index (χ2n) is 4.42. The Bertz CT molecular complexity index is 454. The smallest absolute Gasteiger partial charge is 0.161 e. The highest BCUT2D eigenvalue weighted by Crippen LogP contribution is 2.33. The summed E-state index contributed by atoms with van der Waals surface area (Å²) in [5.74, 6) is 1.50. The molecule has 18 heavy (non-hydrogen) atoms. The summed E-state index contributed by atoms with van der Waals surface area (Å²) in [7, 11) is 1.97. The minimum Gasteiger partial charge on any atom is -0.486 e. The minimum atomic E-state index is -0.235. The summed E-state index contributed by atoms with van der Waals surface area (Å²) in [6.07, 6.45) is 1.03. The van der Waals surface area contributed by atoms with E-state index in [0.29, 0.717) is 13.2 Å². The number of hydrogen-bond acceptors (Lipinski definition) is 4. The molecule has 0 aliphatic carbocycles. The van der Waals surface area contributed by atoms with Crippen molar-refractivity contribution < 1.29 is 9.47 Å². The van der Waals surface area contributed by atoms with Crippen molar-refractivity contribution in [3.8, 4) is 17.6 Å². The van der Waals surface area contributed by atoms with Crippen molar-refractivity contribution >= 4 is 0 Å².